The minimum atomic E-state index is -3.10. The molecule has 0 spiro atoms. The second-order valence-corrected chi connectivity index (χ2v) is 9.83. The highest BCUT2D eigenvalue weighted by Crippen LogP contribution is 2.47. The topological polar surface area (TPSA) is 54.4 Å². The molecule has 0 aromatic heterocycles. The van der Waals surface area contributed by atoms with Crippen LogP contribution in [-0.2, 0) is 9.36 Å². The molecule has 5 heteroatoms. The Morgan fingerprint density at radius 1 is 0.846 bits per heavy atom. The summed E-state index contributed by atoms with van der Waals surface area (Å²) < 4.78 is 15.0. The van der Waals surface area contributed by atoms with Crippen molar-refractivity contribution in [3.8, 4) is 0 Å². The first-order chi connectivity index (χ1) is 12.5. The predicted octanol–water partition coefficient (Wildman–Crippen LogP) is 4.63. The average molecular weight is 429 g/mol. The summed E-state index contributed by atoms with van der Waals surface area (Å²) in [5, 5.41) is 11.2. The largest absolute Gasteiger partial charge is 0.481 e. The molecule has 0 heterocycles. The van der Waals surface area contributed by atoms with Crippen molar-refractivity contribution in [1.29, 1.82) is 0 Å². The number of hydrogen-bond acceptors (Lipinski definition) is 2. The van der Waals surface area contributed by atoms with E-state index in [2.05, 4.69) is 15.9 Å². The standard InChI is InChI=1S/C21H18BrO3P/c22-17-13-11-16(12-14-17)20(21(23)24)15-26(25,18-7-3-1-4-8-18)19-9-5-2-6-10-19/h1-14,20H,15H2,(H,23,24). The summed E-state index contributed by atoms with van der Waals surface area (Å²) in [6, 6.07) is 25.5. The van der Waals surface area contributed by atoms with Crippen molar-refractivity contribution in [2.24, 2.45) is 0 Å². The molecule has 0 amide bonds. The Morgan fingerprint density at radius 2 is 1.31 bits per heavy atom. The van der Waals surface area contributed by atoms with E-state index in [1.807, 2.05) is 60.7 Å². The van der Waals surface area contributed by atoms with Gasteiger partial charge in [0.15, 0.2) is 0 Å². The Morgan fingerprint density at radius 3 is 1.73 bits per heavy atom. The normalized spacial score (nSPS) is 12.5. The van der Waals surface area contributed by atoms with Gasteiger partial charge in [0.1, 0.15) is 7.14 Å². The zero-order valence-electron chi connectivity index (χ0n) is 14.0. The van der Waals surface area contributed by atoms with Gasteiger partial charge in [0.2, 0.25) is 0 Å². The van der Waals surface area contributed by atoms with Crippen molar-refractivity contribution >= 4 is 39.7 Å². The smallest absolute Gasteiger partial charge is 0.311 e. The summed E-state index contributed by atoms with van der Waals surface area (Å²) in [7, 11) is -3.10. The lowest BCUT2D eigenvalue weighted by atomic mass is 10.0. The average Bonchev–Trinajstić information content (AvgIpc) is 2.68. The van der Waals surface area contributed by atoms with Crippen LogP contribution in [0, 0.1) is 0 Å². The molecule has 0 aliphatic heterocycles. The molecule has 3 rings (SSSR count). The molecule has 0 radical (unpaired) electrons. The van der Waals surface area contributed by atoms with Crippen LogP contribution in [0.5, 0.6) is 0 Å². The molecule has 1 N–H and O–H groups in total. The van der Waals surface area contributed by atoms with Crippen LogP contribution in [-0.4, -0.2) is 17.2 Å². The van der Waals surface area contributed by atoms with Gasteiger partial charge < -0.3 is 9.67 Å². The summed E-state index contributed by atoms with van der Waals surface area (Å²) in [5.41, 5.74) is 0.646. The Labute approximate surface area is 161 Å². The number of rotatable bonds is 6. The lowest BCUT2D eigenvalue weighted by Gasteiger charge is -2.23. The van der Waals surface area contributed by atoms with Crippen LogP contribution in [0.4, 0.5) is 0 Å². The molecule has 132 valence electrons. The monoisotopic (exact) mass is 428 g/mol. The van der Waals surface area contributed by atoms with E-state index >= 15 is 0 Å². The summed E-state index contributed by atoms with van der Waals surface area (Å²) in [6.45, 7) is 0. The lowest BCUT2D eigenvalue weighted by molar-refractivity contribution is -0.138. The number of halogens is 1. The first-order valence-corrected chi connectivity index (χ1v) is 10.9. The number of aliphatic carboxylic acids is 1. The van der Waals surface area contributed by atoms with Crippen molar-refractivity contribution in [1.82, 2.24) is 0 Å². The highest BCUT2D eigenvalue weighted by atomic mass is 79.9. The fourth-order valence-corrected chi connectivity index (χ4v) is 6.15. The quantitative estimate of drug-likeness (QED) is 0.582. The molecule has 3 aromatic rings. The van der Waals surface area contributed by atoms with Crippen molar-refractivity contribution < 1.29 is 14.5 Å². The number of carboxylic acids is 1. The van der Waals surface area contributed by atoms with E-state index < -0.39 is 19.0 Å². The Hall–Kier alpha value is -2.16. The van der Waals surface area contributed by atoms with Gasteiger partial charge in [-0.15, -0.1) is 0 Å². The lowest BCUT2D eigenvalue weighted by Crippen LogP contribution is -2.25. The zero-order valence-corrected chi connectivity index (χ0v) is 16.4. The SMILES string of the molecule is O=C(O)C(CP(=O)(c1ccccc1)c1ccccc1)c1ccc(Br)cc1. The zero-order chi connectivity index (χ0) is 18.6. The third-order valence-corrected chi connectivity index (χ3v) is 8.03. The van der Waals surface area contributed by atoms with Gasteiger partial charge in [0, 0.05) is 21.2 Å². The molecule has 0 bridgehead atoms. The van der Waals surface area contributed by atoms with E-state index in [0.717, 1.165) is 4.47 Å². The molecule has 0 aliphatic rings. The number of carboxylic acid groups (broad SMARTS) is 1. The molecular weight excluding hydrogens is 411 g/mol. The van der Waals surface area contributed by atoms with Crippen LogP contribution in [0.2, 0.25) is 0 Å². The van der Waals surface area contributed by atoms with E-state index in [-0.39, 0.29) is 6.16 Å². The van der Waals surface area contributed by atoms with Gasteiger partial charge in [0.05, 0.1) is 5.92 Å². The van der Waals surface area contributed by atoms with Gasteiger partial charge in [0.25, 0.3) is 0 Å². The predicted molar refractivity (Wildman–Crippen MR) is 109 cm³/mol. The maximum atomic E-state index is 14.1. The first kappa shape index (κ1) is 18.6. The molecule has 1 atom stereocenters. The molecule has 3 aromatic carbocycles. The van der Waals surface area contributed by atoms with E-state index in [1.54, 1.807) is 24.3 Å². The summed E-state index contributed by atoms with van der Waals surface area (Å²) >= 11 is 3.36. The third-order valence-electron chi connectivity index (χ3n) is 4.36. The highest BCUT2D eigenvalue weighted by molar-refractivity contribution is 9.10. The van der Waals surface area contributed by atoms with E-state index in [4.69, 9.17) is 0 Å². The van der Waals surface area contributed by atoms with Crippen LogP contribution in [0.15, 0.2) is 89.4 Å². The molecular formula is C21H18BrO3P. The molecule has 1 unspecified atom stereocenters. The van der Waals surface area contributed by atoms with Gasteiger partial charge in [-0.05, 0) is 17.7 Å². The van der Waals surface area contributed by atoms with Gasteiger partial charge in [-0.3, -0.25) is 4.79 Å². The summed E-state index contributed by atoms with van der Waals surface area (Å²) in [4.78, 5) is 12.0. The number of carbonyl (C=O) groups is 1. The van der Waals surface area contributed by atoms with Crippen LogP contribution in [0.3, 0.4) is 0 Å². The van der Waals surface area contributed by atoms with Crippen LogP contribution >= 0.6 is 23.1 Å². The molecule has 26 heavy (non-hydrogen) atoms. The van der Waals surface area contributed by atoms with E-state index in [9.17, 15) is 14.5 Å². The minimum absolute atomic E-state index is 0.0397. The van der Waals surface area contributed by atoms with Gasteiger partial charge >= 0.3 is 5.97 Å². The third kappa shape index (κ3) is 3.98. The van der Waals surface area contributed by atoms with Crippen LogP contribution in [0.25, 0.3) is 0 Å². The van der Waals surface area contributed by atoms with Crippen LogP contribution < -0.4 is 10.6 Å². The van der Waals surface area contributed by atoms with Crippen molar-refractivity contribution in [2.75, 3.05) is 6.16 Å². The van der Waals surface area contributed by atoms with Crippen molar-refractivity contribution in [2.45, 2.75) is 5.92 Å². The fourth-order valence-electron chi connectivity index (χ4n) is 2.98. The molecule has 0 saturated heterocycles. The van der Waals surface area contributed by atoms with Gasteiger partial charge in [-0.1, -0.05) is 88.7 Å². The van der Waals surface area contributed by atoms with E-state index in [1.165, 1.54) is 0 Å². The number of hydrogen-bond donors (Lipinski definition) is 1. The Bertz CT molecular complexity index is 881. The summed E-state index contributed by atoms with van der Waals surface area (Å²) in [6.07, 6.45) is 0.0397. The van der Waals surface area contributed by atoms with Crippen LogP contribution in [0.1, 0.15) is 11.5 Å². The maximum Gasteiger partial charge on any atom is 0.311 e. The highest BCUT2D eigenvalue weighted by Gasteiger charge is 2.34. The van der Waals surface area contributed by atoms with E-state index in [0.29, 0.717) is 16.2 Å². The van der Waals surface area contributed by atoms with Gasteiger partial charge in [-0.25, -0.2) is 0 Å². The molecule has 0 saturated carbocycles. The molecule has 0 fully saturated rings. The Kier molecular flexibility index (Phi) is 5.75. The maximum absolute atomic E-state index is 14.1. The Balaban J connectivity index is 2.08. The molecule has 0 aliphatic carbocycles. The minimum Gasteiger partial charge on any atom is -0.481 e. The number of benzene rings is 3. The second-order valence-electron chi connectivity index (χ2n) is 6.04. The van der Waals surface area contributed by atoms with Crippen molar-refractivity contribution in [3.63, 3.8) is 0 Å². The summed E-state index contributed by atoms with van der Waals surface area (Å²) in [5.74, 6) is -1.83. The first-order valence-electron chi connectivity index (χ1n) is 8.19. The van der Waals surface area contributed by atoms with Gasteiger partial charge in [-0.2, -0.15) is 0 Å². The molecule has 3 nitrogen and oxygen atoms in total. The van der Waals surface area contributed by atoms with Crippen molar-refractivity contribution in [3.05, 3.63) is 95.0 Å². The fraction of sp³-hybridized carbons (Fsp3) is 0.0952. The second kappa shape index (κ2) is 8.03.